The lowest BCUT2D eigenvalue weighted by Gasteiger charge is -2.22. The predicted octanol–water partition coefficient (Wildman–Crippen LogP) is 5.00. The average molecular weight is 565 g/mol. The van der Waals surface area contributed by atoms with Crippen LogP contribution in [-0.4, -0.2) is 41.2 Å². The molecule has 1 aliphatic rings. The van der Waals surface area contributed by atoms with E-state index in [2.05, 4.69) is 15.3 Å². The molecule has 0 spiro atoms. The van der Waals surface area contributed by atoms with E-state index in [4.69, 9.17) is 23.2 Å². The van der Waals surface area contributed by atoms with Gasteiger partial charge in [-0.2, -0.15) is 17.5 Å². The van der Waals surface area contributed by atoms with Gasteiger partial charge in [-0.1, -0.05) is 35.3 Å². The molecule has 1 fully saturated rings. The van der Waals surface area contributed by atoms with Gasteiger partial charge < -0.3 is 5.32 Å². The van der Waals surface area contributed by atoms with E-state index in [1.165, 1.54) is 24.5 Å². The number of carbonyl (C=O) groups excluding carboxylic acids is 1. The first kappa shape index (κ1) is 25.8. The molecule has 186 valence electrons. The second-order valence-electron chi connectivity index (χ2n) is 7.65. The number of thiophene rings is 1. The maximum absolute atomic E-state index is 13.0. The molecular weight excluding hydrogens is 548 g/mol. The van der Waals surface area contributed by atoms with Gasteiger partial charge in [-0.25, -0.2) is 18.4 Å². The molecule has 0 aliphatic carbocycles. The number of nitrogens with zero attached hydrogens (tertiary/aromatic N) is 3. The highest BCUT2D eigenvalue weighted by atomic mass is 35.5. The Morgan fingerprint density at radius 2 is 1.89 bits per heavy atom. The Labute approximate surface area is 213 Å². The predicted molar refractivity (Wildman–Crippen MR) is 126 cm³/mol. The topological polar surface area (TPSA) is 92.3 Å². The highest BCUT2D eigenvalue weighted by Gasteiger charge is 2.40. The van der Waals surface area contributed by atoms with Crippen LogP contribution in [0.3, 0.4) is 0 Å². The van der Waals surface area contributed by atoms with Crippen molar-refractivity contribution >= 4 is 50.5 Å². The van der Waals surface area contributed by atoms with Crippen LogP contribution < -0.4 is 5.32 Å². The first-order valence-electron chi connectivity index (χ1n) is 10.2. The fourth-order valence-electron chi connectivity index (χ4n) is 3.64. The van der Waals surface area contributed by atoms with E-state index < -0.39 is 33.7 Å². The third-order valence-electron chi connectivity index (χ3n) is 5.37. The molecule has 14 heteroatoms. The van der Waals surface area contributed by atoms with Crippen molar-refractivity contribution < 1.29 is 26.4 Å². The number of sulfonamides is 1. The van der Waals surface area contributed by atoms with E-state index in [1.807, 2.05) is 0 Å². The largest absolute Gasteiger partial charge is 0.416 e. The first-order chi connectivity index (χ1) is 16.5. The van der Waals surface area contributed by atoms with Crippen molar-refractivity contribution in [2.45, 2.75) is 35.8 Å². The molecule has 7 nitrogen and oxygen atoms in total. The maximum Gasteiger partial charge on any atom is 0.416 e. The van der Waals surface area contributed by atoms with Gasteiger partial charge >= 0.3 is 6.18 Å². The van der Waals surface area contributed by atoms with E-state index >= 15 is 0 Å². The van der Waals surface area contributed by atoms with Crippen LogP contribution in [0.5, 0.6) is 0 Å². The smallest absolute Gasteiger partial charge is 0.349 e. The second kappa shape index (κ2) is 10.0. The van der Waals surface area contributed by atoms with Gasteiger partial charge in [0, 0.05) is 12.1 Å². The Kier molecular flexibility index (Phi) is 7.39. The summed E-state index contributed by atoms with van der Waals surface area (Å²) in [6.45, 7) is 0.162. The number of hydrogen-bond acceptors (Lipinski definition) is 6. The summed E-state index contributed by atoms with van der Waals surface area (Å²) in [6, 6.07) is 6.43. The molecule has 1 amide bonds. The molecule has 1 unspecified atom stereocenters. The lowest BCUT2D eigenvalue weighted by Crippen LogP contribution is -2.45. The zero-order valence-electron chi connectivity index (χ0n) is 17.7. The highest BCUT2D eigenvalue weighted by molar-refractivity contribution is 7.91. The molecule has 1 aliphatic heterocycles. The summed E-state index contributed by atoms with van der Waals surface area (Å²) in [7, 11) is -3.96. The van der Waals surface area contributed by atoms with Gasteiger partial charge in [0.1, 0.15) is 20.9 Å². The number of carbonyl (C=O) groups is 1. The minimum atomic E-state index is -4.44. The molecule has 1 N–H and O–H groups in total. The van der Waals surface area contributed by atoms with E-state index in [-0.39, 0.29) is 26.7 Å². The summed E-state index contributed by atoms with van der Waals surface area (Å²) in [6.07, 6.45) is -2.34. The van der Waals surface area contributed by atoms with Gasteiger partial charge in [0.2, 0.25) is 5.91 Å². The number of rotatable bonds is 6. The summed E-state index contributed by atoms with van der Waals surface area (Å²) >= 11 is 12.6. The minimum absolute atomic E-state index is 0.0178. The average Bonchev–Trinajstić information content (AvgIpc) is 3.45. The molecule has 3 aromatic rings. The highest BCUT2D eigenvalue weighted by Crippen LogP contribution is 2.37. The van der Waals surface area contributed by atoms with E-state index in [0.717, 1.165) is 27.8 Å². The van der Waals surface area contributed by atoms with Crippen molar-refractivity contribution in [1.29, 1.82) is 0 Å². The van der Waals surface area contributed by atoms with Crippen LogP contribution in [0.2, 0.25) is 9.36 Å². The molecule has 1 aromatic carbocycles. The summed E-state index contributed by atoms with van der Waals surface area (Å²) in [4.78, 5) is 21.0. The van der Waals surface area contributed by atoms with E-state index in [1.54, 1.807) is 6.07 Å². The molecule has 2 aromatic heterocycles. The Morgan fingerprint density at radius 3 is 2.51 bits per heavy atom. The van der Waals surface area contributed by atoms with Crippen molar-refractivity contribution in [3.05, 3.63) is 63.3 Å². The summed E-state index contributed by atoms with van der Waals surface area (Å²) in [5.74, 6) is -0.491. The van der Waals surface area contributed by atoms with Gasteiger partial charge in [0.15, 0.2) is 0 Å². The van der Waals surface area contributed by atoms with Crippen molar-refractivity contribution in [3.63, 3.8) is 0 Å². The Bertz CT molecular complexity index is 1330. The summed E-state index contributed by atoms with van der Waals surface area (Å²) in [5, 5.41) is 2.81. The number of hydrogen-bond donors (Lipinski definition) is 1. The number of nitrogens with one attached hydrogen (secondary N) is 1. The first-order valence-corrected chi connectivity index (χ1v) is 13.2. The standard InChI is InChI=1S/C21H17Cl2F3N4O3S2/c22-15-9-18(34-19(15)23)35(32,33)30-7-1-2-17(30)20(31)27-10-14-8-16(29-11-28-14)12-3-5-13(6-4-12)21(24,25)26/h3-6,8-9,11,17H,1-2,7,10H2,(H,27,31). The monoisotopic (exact) mass is 564 g/mol. The molecule has 4 rings (SSSR count). The fraction of sp³-hybridized carbons (Fsp3) is 0.286. The van der Waals surface area contributed by atoms with Crippen LogP contribution in [0.1, 0.15) is 24.1 Å². The molecule has 35 heavy (non-hydrogen) atoms. The second-order valence-corrected chi connectivity index (χ2v) is 11.8. The van der Waals surface area contributed by atoms with Crippen LogP contribution in [-0.2, 0) is 27.5 Å². The number of aromatic nitrogens is 2. The summed E-state index contributed by atoms with van der Waals surface area (Å²) < 4.78 is 65.7. The third-order valence-corrected chi connectivity index (χ3v) is 9.59. The lowest BCUT2D eigenvalue weighted by atomic mass is 10.1. The SMILES string of the molecule is O=C(NCc1cc(-c2ccc(C(F)(F)F)cc2)ncn1)C1CCCN1S(=O)(=O)c1cc(Cl)c(Cl)s1. The quantitative estimate of drug-likeness (QED) is 0.454. The fourth-order valence-corrected chi connectivity index (χ4v) is 7.30. The molecule has 0 bridgehead atoms. The minimum Gasteiger partial charge on any atom is -0.349 e. The molecule has 0 radical (unpaired) electrons. The van der Waals surface area contributed by atoms with Crippen molar-refractivity contribution in [3.8, 4) is 11.3 Å². The maximum atomic E-state index is 13.0. The van der Waals surface area contributed by atoms with Gasteiger partial charge in [-0.15, -0.1) is 11.3 Å². The van der Waals surface area contributed by atoms with Crippen LogP contribution in [0.25, 0.3) is 11.3 Å². The third kappa shape index (κ3) is 5.61. The zero-order valence-corrected chi connectivity index (χ0v) is 20.9. The number of halogens is 5. The van der Waals surface area contributed by atoms with Gasteiger partial charge in [-0.3, -0.25) is 4.79 Å². The number of alkyl halides is 3. The normalized spacial score (nSPS) is 17.0. The number of benzene rings is 1. The Hall–Kier alpha value is -2.25. The molecule has 1 saturated heterocycles. The van der Waals surface area contributed by atoms with Crippen LogP contribution in [0.15, 0.2) is 46.9 Å². The molecule has 3 heterocycles. The van der Waals surface area contributed by atoms with Gasteiger partial charge in [0.05, 0.1) is 28.5 Å². The lowest BCUT2D eigenvalue weighted by molar-refractivity contribution is -0.137. The Balaban J connectivity index is 1.45. The van der Waals surface area contributed by atoms with Crippen molar-refractivity contribution in [2.75, 3.05) is 6.54 Å². The van der Waals surface area contributed by atoms with E-state index in [0.29, 0.717) is 29.8 Å². The molecule has 1 atom stereocenters. The van der Waals surface area contributed by atoms with Gasteiger partial charge in [-0.05, 0) is 37.1 Å². The van der Waals surface area contributed by atoms with Crippen LogP contribution in [0, 0.1) is 0 Å². The van der Waals surface area contributed by atoms with Crippen molar-refractivity contribution in [1.82, 2.24) is 19.6 Å². The molecular formula is C21H17Cl2F3N4O3S2. The summed E-state index contributed by atoms with van der Waals surface area (Å²) in [5.41, 5.74) is 0.474. The molecule has 0 saturated carbocycles. The Morgan fingerprint density at radius 1 is 1.17 bits per heavy atom. The zero-order chi connectivity index (χ0) is 25.4. The van der Waals surface area contributed by atoms with E-state index in [9.17, 15) is 26.4 Å². The van der Waals surface area contributed by atoms with Crippen LogP contribution in [0.4, 0.5) is 13.2 Å². The van der Waals surface area contributed by atoms with Crippen LogP contribution >= 0.6 is 34.5 Å². The van der Waals surface area contributed by atoms with Crippen molar-refractivity contribution in [2.24, 2.45) is 0 Å². The number of amides is 1. The van der Waals surface area contributed by atoms with Gasteiger partial charge in [0.25, 0.3) is 10.0 Å².